The van der Waals surface area contributed by atoms with E-state index in [0.717, 1.165) is 43.1 Å². The van der Waals surface area contributed by atoms with Crippen LogP contribution in [-0.4, -0.2) is 18.2 Å². The Morgan fingerprint density at radius 2 is 1.72 bits per heavy atom. The summed E-state index contributed by atoms with van der Waals surface area (Å²) in [5, 5.41) is 4.16. The topological polar surface area (TPSA) is 29.3 Å². The summed E-state index contributed by atoms with van der Waals surface area (Å²) in [6.07, 6.45) is 2.22. The van der Waals surface area contributed by atoms with Gasteiger partial charge in [-0.1, -0.05) is 49.3 Å². The van der Waals surface area contributed by atoms with Crippen molar-refractivity contribution in [3.05, 3.63) is 36.4 Å². The number of aromatic nitrogens is 1. The molecule has 0 aliphatic rings. The molecular weight excluding hydrogens is 224 g/mol. The zero-order valence-corrected chi connectivity index (χ0v) is 11.1. The van der Waals surface area contributed by atoms with Crippen molar-refractivity contribution in [3.63, 3.8) is 0 Å². The van der Waals surface area contributed by atoms with Crippen molar-refractivity contribution < 1.29 is 4.52 Å². The first kappa shape index (κ1) is 12.7. The molecule has 2 aromatic rings. The van der Waals surface area contributed by atoms with E-state index in [0.29, 0.717) is 0 Å². The Labute approximate surface area is 108 Å². The van der Waals surface area contributed by atoms with Gasteiger partial charge in [-0.2, -0.15) is 0 Å². The standard InChI is InChI=1S/C15H20N2O/c1-3-10-17(11-4-2)15-12-14(16-18-15)13-8-6-5-7-9-13/h5-9,12H,3-4,10-11H2,1-2H3. The molecule has 0 radical (unpaired) electrons. The highest BCUT2D eigenvalue weighted by Crippen LogP contribution is 2.24. The summed E-state index contributed by atoms with van der Waals surface area (Å²) < 4.78 is 5.46. The van der Waals surface area contributed by atoms with Gasteiger partial charge in [0.2, 0.25) is 5.88 Å². The fourth-order valence-corrected chi connectivity index (χ4v) is 2.03. The van der Waals surface area contributed by atoms with E-state index in [-0.39, 0.29) is 0 Å². The summed E-state index contributed by atoms with van der Waals surface area (Å²) in [4.78, 5) is 2.25. The Morgan fingerprint density at radius 3 is 2.33 bits per heavy atom. The van der Waals surface area contributed by atoms with Crippen molar-refractivity contribution >= 4 is 5.88 Å². The Bertz CT molecular complexity index is 458. The molecule has 1 aromatic carbocycles. The van der Waals surface area contributed by atoms with Crippen LogP contribution in [0, 0.1) is 0 Å². The number of hydrogen-bond acceptors (Lipinski definition) is 3. The van der Waals surface area contributed by atoms with Crippen LogP contribution in [0.5, 0.6) is 0 Å². The second-order valence-electron chi connectivity index (χ2n) is 4.40. The van der Waals surface area contributed by atoms with Gasteiger partial charge in [-0.3, -0.25) is 0 Å². The Balaban J connectivity index is 2.18. The molecule has 0 spiro atoms. The highest BCUT2D eigenvalue weighted by atomic mass is 16.5. The fourth-order valence-electron chi connectivity index (χ4n) is 2.03. The highest BCUT2D eigenvalue weighted by Gasteiger charge is 2.12. The zero-order valence-electron chi connectivity index (χ0n) is 11.1. The Kier molecular flexibility index (Phi) is 4.40. The molecule has 18 heavy (non-hydrogen) atoms. The molecule has 0 saturated heterocycles. The van der Waals surface area contributed by atoms with Gasteiger partial charge in [-0.25, -0.2) is 0 Å². The molecule has 0 atom stereocenters. The van der Waals surface area contributed by atoms with Crippen LogP contribution in [0.2, 0.25) is 0 Å². The van der Waals surface area contributed by atoms with Crippen LogP contribution < -0.4 is 4.90 Å². The van der Waals surface area contributed by atoms with E-state index in [1.54, 1.807) is 0 Å². The number of rotatable bonds is 6. The second kappa shape index (κ2) is 6.24. The third-order valence-electron chi connectivity index (χ3n) is 2.87. The minimum absolute atomic E-state index is 0.873. The van der Waals surface area contributed by atoms with E-state index in [9.17, 15) is 0 Å². The number of benzene rings is 1. The summed E-state index contributed by atoms with van der Waals surface area (Å²) in [5.74, 6) is 0.873. The van der Waals surface area contributed by atoms with Gasteiger partial charge in [0, 0.05) is 24.7 Å². The molecule has 0 N–H and O–H groups in total. The maximum absolute atomic E-state index is 5.46. The minimum Gasteiger partial charge on any atom is -0.341 e. The molecule has 0 fully saturated rings. The highest BCUT2D eigenvalue weighted by molar-refractivity contribution is 5.61. The molecule has 2 rings (SSSR count). The van der Waals surface area contributed by atoms with Gasteiger partial charge in [0.25, 0.3) is 0 Å². The molecule has 96 valence electrons. The van der Waals surface area contributed by atoms with Crippen LogP contribution in [0.1, 0.15) is 26.7 Å². The zero-order chi connectivity index (χ0) is 12.8. The number of anilines is 1. The molecule has 0 aliphatic carbocycles. The Morgan fingerprint density at radius 1 is 1.06 bits per heavy atom. The molecule has 1 aromatic heterocycles. The van der Waals surface area contributed by atoms with Gasteiger partial charge in [-0.05, 0) is 12.8 Å². The van der Waals surface area contributed by atoms with Crippen molar-refractivity contribution in [3.8, 4) is 11.3 Å². The SMILES string of the molecule is CCCN(CCC)c1cc(-c2ccccc2)no1. The quantitative estimate of drug-likeness (QED) is 0.770. The molecule has 0 unspecified atom stereocenters. The van der Waals surface area contributed by atoms with Gasteiger partial charge in [0.1, 0.15) is 5.69 Å². The van der Waals surface area contributed by atoms with Crippen molar-refractivity contribution in [2.45, 2.75) is 26.7 Å². The molecule has 0 bridgehead atoms. The van der Waals surface area contributed by atoms with E-state index < -0.39 is 0 Å². The van der Waals surface area contributed by atoms with Crippen molar-refractivity contribution in [2.75, 3.05) is 18.0 Å². The predicted molar refractivity (Wildman–Crippen MR) is 74.7 cm³/mol. The molecule has 3 heteroatoms. The number of nitrogens with zero attached hydrogens (tertiary/aromatic N) is 2. The maximum atomic E-state index is 5.46. The summed E-state index contributed by atoms with van der Waals surface area (Å²) >= 11 is 0. The lowest BCUT2D eigenvalue weighted by Crippen LogP contribution is -2.24. The summed E-state index contributed by atoms with van der Waals surface area (Å²) in [6, 6.07) is 12.2. The summed E-state index contributed by atoms with van der Waals surface area (Å²) in [7, 11) is 0. The molecule has 1 heterocycles. The van der Waals surface area contributed by atoms with Crippen LogP contribution >= 0.6 is 0 Å². The van der Waals surface area contributed by atoms with Gasteiger partial charge >= 0.3 is 0 Å². The average Bonchev–Trinajstić information content (AvgIpc) is 2.89. The van der Waals surface area contributed by atoms with Crippen LogP contribution in [0.4, 0.5) is 5.88 Å². The third kappa shape index (κ3) is 2.92. The first-order valence-electron chi connectivity index (χ1n) is 6.62. The van der Waals surface area contributed by atoms with Crippen molar-refractivity contribution in [1.29, 1.82) is 0 Å². The van der Waals surface area contributed by atoms with Crippen LogP contribution in [0.15, 0.2) is 40.9 Å². The van der Waals surface area contributed by atoms with Crippen LogP contribution in [0.25, 0.3) is 11.3 Å². The molecule has 0 aliphatic heterocycles. The molecular formula is C15H20N2O. The lowest BCUT2D eigenvalue weighted by atomic mass is 10.1. The lowest BCUT2D eigenvalue weighted by Gasteiger charge is -2.18. The molecule has 3 nitrogen and oxygen atoms in total. The molecule has 0 saturated carbocycles. The first-order valence-corrected chi connectivity index (χ1v) is 6.62. The van der Waals surface area contributed by atoms with Gasteiger partial charge in [0.15, 0.2) is 0 Å². The smallest absolute Gasteiger partial charge is 0.227 e. The van der Waals surface area contributed by atoms with Gasteiger partial charge in [-0.15, -0.1) is 0 Å². The minimum atomic E-state index is 0.873. The van der Waals surface area contributed by atoms with E-state index >= 15 is 0 Å². The van der Waals surface area contributed by atoms with Crippen LogP contribution in [-0.2, 0) is 0 Å². The summed E-state index contributed by atoms with van der Waals surface area (Å²) in [6.45, 7) is 6.38. The summed E-state index contributed by atoms with van der Waals surface area (Å²) in [5.41, 5.74) is 2.00. The molecule has 0 amide bonds. The van der Waals surface area contributed by atoms with Gasteiger partial charge in [0.05, 0.1) is 0 Å². The largest absolute Gasteiger partial charge is 0.341 e. The predicted octanol–water partition coefficient (Wildman–Crippen LogP) is 3.97. The van der Waals surface area contributed by atoms with Gasteiger partial charge < -0.3 is 9.42 Å². The number of hydrogen-bond donors (Lipinski definition) is 0. The second-order valence-corrected chi connectivity index (χ2v) is 4.40. The van der Waals surface area contributed by atoms with E-state index in [4.69, 9.17) is 4.52 Å². The average molecular weight is 244 g/mol. The third-order valence-corrected chi connectivity index (χ3v) is 2.87. The normalized spacial score (nSPS) is 10.6. The van der Waals surface area contributed by atoms with E-state index in [1.165, 1.54) is 0 Å². The maximum Gasteiger partial charge on any atom is 0.227 e. The van der Waals surface area contributed by atoms with Crippen LogP contribution in [0.3, 0.4) is 0 Å². The van der Waals surface area contributed by atoms with E-state index in [2.05, 4.69) is 23.9 Å². The van der Waals surface area contributed by atoms with Crippen molar-refractivity contribution in [1.82, 2.24) is 5.16 Å². The lowest BCUT2D eigenvalue weighted by molar-refractivity contribution is 0.416. The fraction of sp³-hybridized carbons (Fsp3) is 0.400. The van der Waals surface area contributed by atoms with E-state index in [1.807, 2.05) is 36.4 Å². The Hall–Kier alpha value is -1.77. The van der Waals surface area contributed by atoms with Crippen molar-refractivity contribution in [2.24, 2.45) is 0 Å². The monoisotopic (exact) mass is 244 g/mol. The first-order chi connectivity index (χ1) is 8.85.